The lowest BCUT2D eigenvalue weighted by atomic mass is 9.96. The summed E-state index contributed by atoms with van der Waals surface area (Å²) >= 11 is 7.14. The maximum atomic E-state index is 12.7. The topological polar surface area (TPSA) is 59.6 Å². The number of rotatable bonds is 6. The normalized spacial score (nSPS) is 13.6. The Bertz CT molecular complexity index is 846. The second-order valence-corrected chi connectivity index (χ2v) is 8.39. The lowest BCUT2D eigenvalue weighted by Crippen LogP contribution is -2.20. The number of carbonyl (C=O) groups is 1. The van der Waals surface area contributed by atoms with E-state index >= 15 is 0 Å². The van der Waals surface area contributed by atoms with Gasteiger partial charge in [-0.25, -0.2) is 4.79 Å². The average Bonchev–Trinajstić information content (AvgIpc) is 3.00. The number of aryl methyl sites for hydroxylation is 1. The van der Waals surface area contributed by atoms with Crippen LogP contribution >= 0.6 is 23.6 Å². The molecule has 1 heterocycles. The van der Waals surface area contributed by atoms with Crippen molar-refractivity contribution in [2.24, 2.45) is 0 Å². The van der Waals surface area contributed by atoms with Gasteiger partial charge in [-0.3, -0.25) is 0 Å². The number of esters is 1. The Labute approximate surface area is 181 Å². The van der Waals surface area contributed by atoms with Gasteiger partial charge >= 0.3 is 5.97 Å². The Morgan fingerprint density at radius 2 is 1.76 bits per heavy atom. The standard InChI is InChI=1S/C22H28N2O3S2/c1-3-26-16-13-11-15(12-14-16)23-22(28)24-20-19(21(25)27-4-2)17-9-7-5-6-8-10-18(17)29-20/h11-14H,3-10H2,1-2H3,(H2,23,24,28). The van der Waals surface area contributed by atoms with Gasteiger partial charge in [0.05, 0.1) is 18.8 Å². The minimum absolute atomic E-state index is 0.267. The maximum Gasteiger partial charge on any atom is 0.341 e. The minimum Gasteiger partial charge on any atom is -0.494 e. The largest absolute Gasteiger partial charge is 0.494 e. The fourth-order valence-electron chi connectivity index (χ4n) is 3.49. The highest BCUT2D eigenvalue weighted by molar-refractivity contribution is 7.80. The second-order valence-electron chi connectivity index (χ2n) is 6.88. The monoisotopic (exact) mass is 432 g/mol. The van der Waals surface area contributed by atoms with Gasteiger partial charge in [0.1, 0.15) is 10.8 Å². The number of anilines is 2. The molecule has 0 bridgehead atoms. The molecule has 2 N–H and O–H groups in total. The molecule has 29 heavy (non-hydrogen) atoms. The van der Waals surface area contributed by atoms with Crippen molar-refractivity contribution in [2.45, 2.75) is 52.4 Å². The third-order valence-corrected chi connectivity index (χ3v) is 6.21. The van der Waals surface area contributed by atoms with Crippen molar-refractivity contribution in [1.82, 2.24) is 0 Å². The number of benzene rings is 1. The number of thiophene rings is 1. The van der Waals surface area contributed by atoms with Crippen LogP contribution in [0, 0.1) is 0 Å². The minimum atomic E-state index is -0.267. The van der Waals surface area contributed by atoms with E-state index in [0.29, 0.717) is 23.9 Å². The van der Waals surface area contributed by atoms with Crippen LogP contribution in [0.2, 0.25) is 0 Å². The zero-order valence-corrected chi connectivity index (χ0v) is 18.6. The summed E-state index contributed by atoms with van der Waals surface area (Å²) in [5, 5.41) is 7.65. The zero-order valence-electron chi connectivity index (χ0n) is 17.0. The lowest BCUT2D eigenvalue weighted by molar-refractivity contribution is 0.0526. The van der Waals surface area contributed by atoms with E-state index in [0.717, 1.165) is 47.7 Å². The molecule has 0 fully saturated rings. The molecule has 7 heteroatoms. The first kappa shape index (κ1) is 21.6. The van der Waals surface area contributed by atoms with Gasteiger partial charge in [-0.05, 0) is 81.6 Å². The van der Waals surface area contributed by atoms with E-state index in [1.54, 1.807) is 11.3 Å². The number of hydrogen-bond acceptors (Lipinski definition) is 5. The highest BCUT2D eigenvalue weighted by Gasteiger charge is 2.25. The second kappa shape index (κ2) is 10.6. The van der Waals surface area contributed by atoms with Crippen LogP contribution in [-0.4, -0.2) is 24.3 Å². The SMILES string of the molecule is CCOC(=O)c1c(NC(=S)Nc2ccc(OCC)cc2)sc2c1CCCCCC2. The van der Waals surface area contributed by atoms with Crippen LogP contribution < -0.4 is 15.4 Å². The van der Waals surface area contributed by atoms with Gasteiger partial charge in [-0.2, -0.15) is 0 Å². The number of fused-ring (bicyclic) bond motifs is 1. The smallest absolute Gasteiger partial charge is 0.341 e. The van der Waals surface area contributed by atoms with Crippen LogP contribution in [0.5, 0.6) is 5.75 Å². The summed E-state index contributed by atoms with van der Waals surface area (Å²) in [7, 11) is 0. The molecule has 1 aliphatic rings. The van der Waals surface area contributed by atoms with E-state index in [1.165, 1.54) is 17.7 Å². The Morgan fingerprint density at radius 1 is 1.03 bits per heavy atom. The molecule has 2 aromatic rings. The fraction of sp³-hybridized carbons (Fsp3) is 0.455. The molecule has 0 unspecified atom stereocenters. The van der Waals surface area contributed by atoms with Crippen LogP contribution in [0.15, 0.2) is 24.3 Å². The molecule has 0 spiro atoms. The zero-order chi connectivity index (χ0) is 20.6. The van der Waals surface area contributed by atoms with Crippen LogP contribution in [0.25, 0.3) is 0 Å². The molecule has 3 rings (SSSR count). The van der Waals surface area contributed by atoms with E-state index in [1.807, 2.05) is 38.1 Å². The summed E-state index contributed by atoms with van der Waals surface area (Å²) in [5.74, 6) is 0.552. The summed E-state index contributed by atoms with van der Waals surface area (Å²) in [6, 6.07) is 7.63. The van der Waals surface area contributed by atoms with Gasteiger partial charge in [0.2, 0.25) is 0 Å². The highest BCUT2D eigenvalue weighted by atomic mass is 32.1. The molecule has 0 amide bonds. The predicted molar refractivity (Wildman–Crippen MR) is 124 cm³/mol. The van der Waals surface area contributed by atoms with Crippen molar-refractivity contribution in [1.29, 1.82) is 0 Å². The molecule has 0 aliphatic heterocycles. The number of hydrogen-bond donors (Lipinski definition) is 2. The maximum absolute atomic E-state index is 12.7. The van der Waals surface area contributed by atoms with Crippen LogP contribution in [-0.2, 0) is 17.6 Å². The molecular weight excluding hydrogens is 404 g/mol. The lowest BCUT2D eigenvalue weighted by Gasteiger charge is -2.13. The molecule has 1 aromatic carbocycles. The molecule has 1 aromatic heterocycles. The molecule has 0 atom stereocenters. The van der Waals surface area contributed by atoms with Gasteiger partial charge in [0.25, 0.3) is 0 Å². The first-order valence-electron chi connectivity index (χ1n) is 10.2. The quantitative estimate of drug-likeness (QED) is 0.445. The number of ether oxygens (including phenoxy) is 2. The summed E-state index contributed by atoms with van der Waals surface area (Å²) in [6.45, 7) is 4.78. The summed E-state index contributed by atoms with van der Waals surface area (Å²) in [6.07, 6.45) is 6.63. The van der Waals surface area contributed by atoms with Crippen molar-refractivity contribution in [3.8, 4) is 5.75 Å². The molecule has 0 saturated heterocycles. The van der Waals surface area contributed by atoms with Crippen molar-refractivity contribution in [3.05, 3.63) is 40.3 Å². The van der Waals surface area contributed by atoms with E-state index in [-0.39, 0.29) is 5.97 Å². The van der Waals surface area contributed by atoms with Crippen molar-refractivity contribution >= 4 is 45.3 Å². The molecule has 1 aliphatic carbocycles. The first-order valence-corrected chi connectivity index (χ1v) is 11.5. The van der Waals surface area contributed by atoms with E-state index in [2.05, 4.69) is 10.6 Å². The van der Waals surface area contributed by atoms with Crippen LogP contribution in [0.4, 0.5) is 10.7 Å². The predicted octanol–water partition coefficient (Wildman–Crippen LogP) is 5.79. The summed E-state index contributed by atoms with van der Waals surface area (Å²) in [4.78, 5) is 14.0. The molecule has 0 saturated carbocycles. The number of thiocarbonyl (C=S) groups is 1. The van der Waals surface area contributed by atoms with Crippen molar-refractivity contribution in [2.75, 3.05) is 23.8 Å². The third-order valence-electron chi connectivity index (χ3n) is 4.80. The Hall–Kier alpha value is -2.12. The van der Waals surface area contributed by atoms with Gasteiger partial charge in [0.15, 0.2) is 5.11 Å². The van der Waals surface area contributed by atoms with Gasteiger partial charge in [0, 0.05) is 10.6 Å². The Kier molecular flexibility index (Phi) is 7.89. The van der Waals surface area contributed by atoms with Crippen molar-refractivity contribution < 1.29 is 14.3 Å². The van der Waals surface area contributed by atoms with E-state index in [4.69, 9.17) is 21.7 Å². The molecule has 0 radical (unpaired) electrons. The highest BCUT2D eigenvalue weighted by Crippen LogP contribution is 2.37. The molecule has 156 valence electrons. The van der Waals surface area contributed by atoms with Crippen LogP contribution in [0.1, 0.15) is 60.3 Å². The third kappa shape index (κ3) is 5.70. The number of nitrogens with one attached hydrogen (secondary N) is 2. The van der Waals surface area contributed by atoms with E-state index in [9.17, 15) is 4.79 Å². The van der Waals surface area contributed by atoms with Gasteiger partial charge in [-0.1, -0.05) is 12.8 Å². The first-order chi connectivity index (χ1) is 14.1. The molecule has 5 nitrogen and oxygen atoms in total. The summed E-state index contributed by atoms with van der Waals surface area (Å²) in [5.41, 5.74) is 2.66. The Balaban J connectivity index is 1.78. The number of carbonyl (C=O) groups excluding carboxylic acids is 1. The van der Waals surface area contributed by atoms with Crippen molar-refractivity contribution in [3.63, 3.8) is 0 Å². The van der Waals surface area contributed by atoms with Gasteiger partial charge in [-0.15, -0.1) is 11.3 Å². The summed E-state index contributed by atoms with van der Waals surface area (Å²) < 4.78 is 10.8. The average molecular weight is 433 g/mol. The Morgan fingerprint density at radius 3 is 2.45 bits per heavy atom. The van der Waals surface area contributed by atoms with Crippen LogP contribution in [0.3, 0.4) is 0 Å². The fourth-order valence-corrected chi connectivity index (χ4v) is 5.06. The van der Waals surface area contributed by atoms with Gasteiger partial charge < -0.3 is 20.1 Å². The van der Waals surface area contributed by atoms with E-state index < -0.39 is 0 Å². The molecular formula is C22H28N2O3S2.